The minimum atomic E-state index is -2.11. The molecule has 0 radical (unpaired) electrons. The highest BCUT2D eigenvalue weighted by atomic mass is 28.4. The summed E-state index contributed by atoms with van der Waals surface area (Å²) in [4.78, 5) is 0. The van der Waals surface area contributed by atoms with E-state index in [0.29, 0.717) is 11.0 Å². The second-order valence-electron chi connectivity index (χ2n) is 8.14. The maximum absolute atomic E-state index is 6.53. The Morgan fingerprint density at radius 3 is 1.89 bits per heavy atom. The zero-order valence-electron chi connectivity index (χ0n) is 14.1. The van der Waals surface area contributed by atoms with Gasteiger partial charge in [-0.15, -0.1) is 0 Å². The van der Waals surface area contributed by atoms with Crippen LogP contribution in [0.2, 0.25) is 10.6 Å². The van der Waals surface area contributed by atoms with Gasteiger partial charge in [0, 0.05) is 23.8 Å². The van der Waals surface area contributed by atoms with Crippen LogP contribution in [0.25, 0.3) is 0 Å². The molecule has 0 aromatic rings. The Kier molecular flexibility index (Phi) is 5.68. The molecule has 1 aliphatic carbocycles. The predicted molar refractivity (Wildman–Crippen MR) is 84.7 cm³/mol. The first kappa shape index (κ1) is 17.2. The van der Waals surface area contributed by atoms with E-state index >= 15 is 0 Å². The van der Waals surface area contributed by atoms with E-state index in [1.54, 1.807) is 0 Å². The molecule has 0 aromatic heterocycles. The van der Waals surface area contributed by atoms with Crippen molar-refractivity contribution in [3.05, 3.63) is 0 Å². The Bertz CT molecular complexity index is 273. The number of hydrogen-bond donors (Lipinski definition) is 0. The standard InChI is InChI=1S/C16H34O2Si/c1-8-17-19(16(5,6)7,14-10-9-11-14)18-13-12-15(2,3)4/h14H,8-13H2,1-7H3. The van der Waals surface area contributed by atoms with Gasteiger partial charge in [0.05, 0.1) is 0 Å². The summed E-state index contributed by atoms with van der Waals surface area (Å²) in [5.41, 5.74) is 1.04. The van der Waals surface area contributed by atoms with Gasteiger partial charge in [0.25, 0.3) is 0 Å². The largest absolute Gasteiger partial charge is 0.394 e. The molecule has 0 amide bonds. The SMILES string of the molecule is CCO[Si](OCCC(C)(C)C)(C1CCC1)C(C)(C)C. The van der Waals surface area contributed by atoms with E-state index in [9.17, 15) is 0 Å². The van der Waals surface area contributed by atoms with Gasteiger partial charge in [-0.1, -0.05) is 48.0 Å². The van der Waals surface area contributed by atoms with Crippen molar-refractivity contribution < 1.29 is 8.85 Å². The van der Waals surface area contributed by atoms with E-state index in [-0.39, 0.29) is 5.04 Å². The van der Waals surface area contributed by atoms with E-state index in [1.165, 1.54) is 19.3 Å². The topological polar surface area (TPSA) is 18.5 Å². The van der Waals surface area contributed by atoms with Gasteiger partial charge in [-0.2, -0.15) is 0 Å². The minimum Gasteiger partial charge on any atom is -0.394 e. The smallest absolute Gasteiger partial charge is 0.346 e. The molecule has 1 rings (SSSR count). The average molecular weight is 287 g/mol. The van der Waals surface area contributed by atoms with Crippen LogP contribution >= 0.6 is 0 Å². The Morgan fingerprint density at radius 2 is 1.58 bits per heavy atom. The van der Waals surface area contributed by atoms with Crippen molar-refractivity contribution in [2.24, 2.45) is 5.41 Å². The van der Waals surface area contributed by atoms with Crippen molar-refractivity contribution in [1.29, 1.82) is 0 Å². The van der Waals surface area contributed by atoms with Crippen LogP contribution in [-0.4, -0.2) is 21.8 Å². The molecule has 2 nitrogen and oxygen atoms in total. The van der Waals surface area contributed by atoms with Gasteiger partial charge in [-0.05, 0) is 31.6 Å². The Morgan fingerprint density at radius 1 is 1.00 bits per heavy atom. The number of rotatable bonds is 6. The summed E-state index contributed by atoms with van der Waals surface area (Å²) >= 11 is 0. The van der Waals surface area contributed by atoms with Crippen molar-refractivity contribution in [2.75, 3.05) is 13.2 Å². The van der Waals surface area contributed by atoms with Crippen molar-refractivity contribution in [2.45, 2.75) is 84.7 Å². The zero-order chi connectivity index (χ0) is 14.7. The molecule has 0 saturated heterocycles. The monoisotopic (exact) mass is 286 g/mol. The van der Waals surface area contributed by atoms with Crippen LogP contribution in [0.5, 0.6) is 0 Å². The lowest BCUT2D eigenvalue weighted by molar-refractivity contribution is 0.116. The Balaban J connectivity index is 2.77. The van der Waals surface area contributed by atoms with E-state index in [2.05, 4.69) is 48.5 Å². The molecule has 0 aliphatic heterocycles. The van der Waals surface area contributed by atoms with Crippen molar-refractivity contribution in [3.63, 3.8) is 0 Å². The van der Waals surface area contributed by atoms with Gasteiger partial charge >= 0.3 is 8.56 Å². The summed E-state index contributed by atoms with van der Waals surface area (Å²) in [6, 6.07) is 0. The molecule has 0 aromatic carbocycles. The molecular formula is C16H34O2Si. The molecule has 0 heterocycles. The third-order valence-electron chi connectivity index (χ3n) is 4.22. The van der Waals surface area contributed by atoms with E-state index in [0.717, 1.165) is 19.6 Å². The molecule has 114 valence electrons. The van der Waals surface area contributed by atoms with Gasteiger partial charge in [-0.3, -0.25) is 0 Å². The van der Waals surface area contributed by atoms with Crippen molar-refractivity contribution in [3.8, 4) is 0 Å². The second kappa shape index (κ2) is 6.27. The molecular weight excluding hydrogens is 252 g/mol. The average Bonchev–Trinajstić information content (AvgIpc) is 2.10. The highest BCUT2D eigenvalue weighted by Gasteiger charge is 2.56. The maximum atomic E-state index is 6.53. The Hall–Kier alpha value is 0.137. The molecule has 0 bridgehead atoms. The Labute approximate surface area is 121 Å². The normalized spacial score (nSPS) is 21.0. The van der Waals surface area contributed by atoms with Crippen LogP contribution in [0.15, 0.2) is 0 Å². The van der Waals surface area contributed by atoms with Crippen molar-refractivity contribution in [1.82, 2.24) is 0 Å². The van der Waals surface area contributed by atoms with Crippen LogP contribution in [-0.2, 0) is 8.85 Å². The molecule has 1 atom stereocenters. The molecule has 19 heavy (non-hydrogen) atoms. The van der Waals surface area contributed by atoms with Crippen molar-refractivity contribution >= 4 is 8.56 Å². The molecule has 1 aliphatic rings. The lowest BCUT2D eigenvalue weighted by Crippen LogP contribution is -2.56. The first-order chi connectivity index (χ1) is 8.62. The predicted octanol–water partition coefficient (Wildman–Crippen LogP) is 5.27. The van der Waals surface area contributed by atoms with Gasteiger partial charge < -0.3 is 8.85 Å². The quantitative estimate of drug-likeness (QED) is 0.619. The number of hydrogen-bond acceptors (Lipinski definition) is 2. The lowest BCUT2D eigenvalue weighted by Gasteiger charge is -2.49. The van der Waals surface area contributed by atoms with E-state index < -0.39 is 8.56 Å². The first-order valence-electron chi connectivity index (χ1n) is 7.90. The first-order valence-corrected chi connectivity index (χ1v) is 9.80. The second-order valence-corrected chi connectivity index (χ2v) is 12.4. The van der Waals surface area contributed by atoms with Crippen LogP contribution < -0.4 is 0 Å². The van der Waals surface area contributed by atoms with Gasteiger partial charge in [0.1, 0.15) is 0 Å². The fourth-order valence-electron chi connectivity index (χ4n) is 2.83. The summed E-state index contributed by atoms with van der Waals surface area (Å²) in [6.07, 6.45) is 5.07. The van der Waals surface area contributed by atoms with E-state index in [4.69, 9.17) is 8.85 Å². The fraction of sp³-hybridized carbons (Fsp3) is 1.00. The molecule has 1 fully saturated rings. The summed E-state index contributed by atoms with van der Waals surface area (Å²) < 4.78 is 12.9. The van der Waals surface area contributed by atoms with Crippen LogP contribution in [0.4, 0.5) is 0 Å². The fourth-order valence-corrected chi connectivity index (χ4v) is 7.48. The highest BCUT2D eigenvalue weighted by Crippen LogP contribution is 2.53. The summed E-state index contributed by atoms with van der Waals surface area (Å²) in [7, 11) is -2.11. The summed E-state index contributed by atoms with van der Waals surface area (Å²) in [5, 5.41) is 0.159. The summed E-state index contributed by atoms with van der Waals surface area (Å²) in [5.74, 6) is 0. The molecule has 0 N–H and O–H groups in total. The maximum Gasteiger partial charge on any atom is 0.346 e. The summed E-state index contributed by atoms with van der Waals surface area (Å²) in [6.45, 7) is 17.5. The minimum absolute atomic E-state index is 0.159. The molecule has 0 spiro atoms. The van der Waals surface area contributed by atoms with Crippen LogP contribution in [0, 0.1) is 5.41 Å². The van der Waals surface area contributed by atoms with Gasteiger partial charge in [0.15, 0.2) is 0 Å². The molecule has 3 heteroatoms. The highest BCUT2D eigenvalue weighted by molar-refractivity contribution is 6.72. The van der Waals surface area contributed by atoms with Gasteiger partial charge in [0.2, 0.25) is 0 Å². The molecule has 1 unspecified atom stereocenters. The van der Waals surface area contributed by atoms with Crippen LogP contribution in [0.3, 0.4) is 0 Å². The lowest BCUT2D eigenvalue weighted by atomic mass is 9.93. The third kappa shape index (κ3) is 4.30. The van der Waals surface area contributed by atoms with Gasteiger partial charge in [-0.25, -0.2) is 0 Å². The van der Waals surface area contributed by atoms with E-state index in [1.807, 2.05) is 0 Å². The zero-order valence-corrected chi connectivity index (χ0v) is 15.1. The van der Waals surface area contributed by atoms with Crippen LogP contribution in [0.1, 0.15) is 74.1 Å². The molecule has 1 saturated carbocycles. The third-order valence-corrected chi connectivity index (χ3v) is 9.31.